The van der Waals surface area contributed by atoms with E-state index in [2.05, 4.69) is 26.1 Å². The van der Waals surface area contributed by atoms with Crippen LogP contribution >= 0.6 is 15.9 Å². The van der Waals surface area contributed by atoms with Gasteiger partial charge in [-0.25, -0.2) is 0 Å². The van der Waals surface area contributed by atoms with Crippen molar-refractivity contribution in [2.24, 2.45) is 0 Å². The monoisotopic (exact) mass is 265 g/mol. The molecule has 1 aromatic heterocycles. The fourth-order valence-electron chi connectivity index (χ4n) is 1.69. The fraction of sp³-hybridized carbons (Fsp3) is 0.200. The number of nitrogens with zero attached hydrogens (tertiary/aromatic N) is 3. The molecule has 1 aliphatic heterocycles. The molecule has 3 rings (SSSR count). The standard InChI is InChI=1S/C10H8BrN3O/c11-7-1-2-8-9(5-7)15-4-3-10-13-12-6-14(8)10/h1-2,5-6H,3-4H2. The lowest BCUT2D eigenvalue weighted by Crippen LogP contribution is -2.00. The lowest BCUT2D eigenvalue weighted by atomic mass is 10.3. The quantitative estimate of drug-likeness (QED) is 0.731. The van der Waals surface area contributed by atoms with Crippen LogP contribution in [0.3, 0.4) is 0 Å². The van der Waals surface area contributed by atoms with Crippen LogP contribution in [0.4, 0.5) is 0 Å². The molecule has 76 valence electrons. The van der Waals surface area contributed by atoms with Crippen molar-refractivity contribution in [3.8, 4) is 11.4 Å². The average molecular weight is 266 g/mol. The van der Waals surface area contributed by atoms with Gasteiger partial charge in [-0.05, 0) is 18.2 Å². The molecular weight excluding hydrogens is 258 g/mol. The average Bonchev–Trinajstić information content (AvgIpc) is 2.61. The van der Waals surface area contributed by atoms with Gasteiger partial charge < -0.3 is 4.74 Å². The Kier molecular flexibility index (Phi) is 1.98. The maximum absolute atomic E-state index is 5.65. The minimum absolute atomic E-state index is 0.641. The summed E-state index contributed by atoms with van der Waals surface area (Å²) in [5.41, 5.74) is 0.996. The highest BCUT2D eigenvalue weighted by Crippen LogP contribution is 2.29. The van der Waals surface area contributed by atoms with Crippen molar-refractivity contribution < 1.29 is 4.74 Å². The minimum atomic E-state index is 0.641. The first kappa shape index (κ1) is 8.91. The maximum Gasteiger partial charge on any atom is 0.144 e. The highest BCUT2D eigenvalue weighted by Gasteiger charge is 2.15. The minimum Gasteiger partial charge on any atom is -0.491 e. The highest BCUT2D eigenvalue weighted by molar-refractivity contribution is 9.10. The SMILES string of the molecule is Brc1ccc2c(c1)OCCc1nncn1-2. The molecule has 1 aromatic carbocycles. The van der Waals surface area contributed by atoms with Gasteiger partial charge in [0.2, 0.25) is 0 Å². The largest absolute Gasteiger partial charge is 0.491 e. The highest BCUT2D eigenvalue weighted by atomic mass is 79.9. The number of halogens is 1. The normalized spacial score (nSPS) is 13.7. The van der Waals surface area contributed by atoms with Crippen molar-refractivity contribution in [3.63, 3.8) is 0 Å². The van der Waals surface area contributed by atoms with E-state index in [1.54, 1.807) is 6.33 Å². The molecule has 0 atom stereocenters. The van der Waals surface area contributed by atoms with Crippen LogP contribution in [0.2, 0.25) is 0 Å². The Bertz CT molecular complexity index is 509. The van der Waals surface area contributed by atoms with Gasteiger partial charge in [0.25, 0.3) is 0 Å². The molecule has 2 heterocycles. The van der Waals surface area contributed by atoms with Gasteiger partial charge in [0.15, 0.2) is 0 Å². The van der Waals surface area contributed by atoms with Crippen molar-refractivity contribution in [2.45, 2.75) is 6.42 Å². The zero-order chi connectivity index (χ0) is 10.3. The molecule has 0 saturated heterocycles. The van der Waals surface area contributed by atoms with E-state index in [1.807, 2.05) is 22.8 Å². The van der Waals surface area contributed by atoms with Gasteiger partial charge in [0, 0.05) is 10.9 Å². The van der Waals surface area contributed by atoms with Crippen molar-refractivity contribution >= 4 is 15.9 Å². The second-order valence-corrected chi connectivity index (χ2v) is 4.24. The second kappa shape index (κ2) is 3.34. The van der Waals surface area contributed by atoms with Crippen molar-refractivity contribution in [1.82, 2.24) is 14.8 Å². The molecule has 1 aliphatic rings. The van der Waals surface area contributed by atoms with Crippen molar-refractivity contribution in [2.75, 3.05) is 6.61 Å². The van der Waals surface area contributed by atoms with Gasteiger partial charge in [-0.2, -0.15) is 0 Å². The molecular formula is C10H8BrN3O. The summed E-state index contributed by atoms with van der Waals surface area (Å²) < 4.78 is 8.63. The first-order valence-electron chi connectivity index (χ1n) is 4.66. The first-order valence-corrected chi connectivity index (χ1v) is 5.45. The summed E-state index contributed by atoms with van der Waals surface area (Å²) in [5, 5.41) is 7.97. The van der Waals surface area contributed by atoms with Crippen LogP contribution in [0.25, 0.3) is 5.69 Å². The van der Waals surface area contributed by atoms with Crippen LogP contribution in [0.1, 0.15) is 5.82 Å². The second-order valence-electron chi connectivity index (χ2n) is 3.33. The summed E-state index contributed by atoms with van der Waals surface area (Å²) in [7, 11) is 0. The van der Waals surface area contributed by atoms with Crippen LogP contribution in [-0.4, -0.2) is 21.4 Å². The molecule has 15 heavy (non-hydrogen) atoms. The van der Waals surface area contributed by atoms with E-state index in [0.29, 0.717) is 6.61 Å². The Labute approximate surface area is 95.0 Å². The third-order valence-corrected chi connectivity index (χ3v) is 2.88. The van der Waals surface area contributed by atoms with E-state index in [-0.39, 0.29) is 0 Å². The van der Waals surface area contributed by atoms with Crippen LogP contribution in [0.5, 0.6) is 5.75 Å². The molecule has 0 aliphatic carbocycles. The molecule has 0 amide bonds. The summed E-state index contributed by atoms with van der Waals surface area (Å²) in [6, 6.07) is 5.94. The molecule has 0 fully saturated rings. The van der Waals surface area contributed by atoms with Crippen molar-refractivity contribution in [1.29, 1.82) is 0 Å². The number of hydrogen-bond donors (Lipinski definition) is 0. The van der Waals surface area contributed by atoms with Gasteiger partial charge in [0.1, 0.15) is 17.9 Å². The summed E-state index contributed by atoms with van der Waals surface area (Å²) in [6.07, 6.45) is 2.50. The predicted octanol–water partition coefficient (Wildman–Crippen LogP) is 1.96. The number of ether oxygens (including phenoxy) is 1. The molecule has 0 N–H and O–H groups in total. The summed E-state index contributed by atoms with van der Waals surface area (Å²) in [4.78, 5) is 0. The maximum atomic E-state index is 5.65. The molecule has 0 radical (unpaired) electrons. The smallest absolute Gasteiger partial charge is 0.144 e. The van der Waals surface area contributed by atoms with Crippen LogP contribution in [0.15, 0.2) is 29.0 Å². The number of fused-ring (bicyclic) bond motifs is 3. The summed E-state index contributed by atoms with van der Waals surface area (Å²) >= 11 is 3.43. The third kappa shape index (κ3) is 1.43. The third-order valence-electron chi connectivity index (χ3n) is 2.38. The van der Waals surface area contributed by atoms with Crippen molar-refractivity contribution in [3.05, 3.63) is 34.8 Å². The van der Waals surface area contributed by atoms with Crippen LogP contribution in [-0.2, 0) is 6.42 Å². The number of benzene rings is 1. The van der Waals surface area contributed by atoms with E-state index in [0.717, 1.165) is 28.2 Å². The van der Waals surface area contributed by atoms with E-state index >= 15 is 0 Å². The molecule has 0 spiro atoms. The van der Waals surface area contributed by atoms with Crippen LogP contribution < -0.4 is 4.74 Å². The van der Waals surface area contributed by atoms with Gasteiger partial charge in [-0.15, -0.1) is 10.2 Å². The lowest BCUT2D eigenvalue weighted by Gasteiger charge is -2.07. The number of rotatable bonds is 0. The van der Waals surface area contributed by atoms with Crippen LogP contribution in [0, 0.1) is 0 Å². The molecule has 5 heteroatoms. The fourth-order valence-corrected chi connectivity index (χ4v) is 2.03. The van der Waals surface area contributed by atoms with Gasteiger partial charge in [-0.3, -0.25) is 4.57 Å². The van der Waals surface area contributed by atoms with Gasteiger partial charge >= 0.3 is 0 Å². The summed E-state index contributed by atoms with van der Waals surface area (Å²) in [5.74, 6) is 1.80. The molecule has 2 aromatic rings. The zero-order valence-electron chi connectivity index (χ0n) is 7.85. The van der Waals surface area contributed by atoms with E-state index in [9.17, 15) is 0 Å². The van der Waals surface area contributed by atoms with E-state index in [4.69, 9.17) is 4.74 Å². The predicted molar refractivity (Wildman–Crippen MR) is 58.3 cm³/mol. The number of hydrogen-bond acceptors (Lipinski definition) is 3. The Hall–Kier alpha value is -1.36. The summed E-state index contributed by atoms with van der Waals surface area (Å²) in [6.45, 7) is 0.641. The number of aromatic nitrogens is 3. The molecule has 0 unspecified atom stereocenters. The molecule has 0 bridgehead atoms. The Morgan fingerprint density at radius 3 is 3.27 bits per heavy atom. The zero-order valence-corrected chi connectivity index (χ0v) is 9.44. The first-order chi connectivity index (χ1) is 7.34. The Morgan fingerprint density at radius 1 is 1.40 bits per heavy atom. The van der Waals surface area contributed by atoms with E-state index in [1.165, 1.54) is 0 Å². The lowest BCUT2D eigenvalue weighted by molar-refractivity contribution is 0.325. The Morgan fingerprint density at radius 2 is 2.33 bits per heavy atom. The van der Waals surface area contributed by atoms with Gasteiger partial charge in [-0.1, -0.05) is 15.9 Å². The topological polar surface area (TPSA) is 39.9 Å². The molecule has 0 saturated carbocycles. The molecule has 4 nitrogen and oxygen atoms in total. The van der Waals surface area contributed by atoms with Gasteiger partial charge in [0.05, 0.1) is 12.3 Å². The van der Waals surface area contributed by atoms with E-state index < -0.39 is 0 Å². The Balaban J connectivity index is 2.25.